The number of hydrogen-bond acceptors (Lipinski definition) is 3. The predicted octanol–water partition coefficient (Wildman–Crippen LogP) is 0.974. The van der Waals surface area contributed by atoms with Gasteiger partial charge in [0.1, 0.15) is 0 Å². The zero-order chi connectivity index (χ0) is 7.23. The van der Waals surface area contributed by atoms with Crippen LogP contribution >= 0.6 is 11.8 Å². The molecule has 0 saturated heterocycles. The first kappa shape index (κ1) is 7.21. The van der Waals surface area contributed by atoms with E-state index in [9.17, 15) is 0 Å². The lowest BCUT2D eigenvalue weighted by Gasteiger charge is -1.88. The third kappa shape index (κ3) is 2.14. The molecule has 0 saturated carbocycles. The van der Waals surface area contributed by atoms with Crippen molar-refractivity contribution in [3.8, 4) is 0 Å². The number of hydrogen-bond donors (Lipinski definition) is 2. The van der Waals surface area contributed by atoms with Crippen molar-refractivity contribution in [3.05, 3.63) is 24.7 Å². The van der Waals surface area contributed by atoms with E-state index in [4.69, 9.17) is 5.73 Å². The first-order chi connectivity index (χ1) is 4.93. The zero-order valence-corrected chi connectivity index (χ0v) is 6.27. The summed E-state index contributed by atoms with van der Waals surface area (Å²) in [4.78, 5) is 6.99. The van der Waals surface area contributed by atoms with Crippen molar-refractivity contribution < 1.29 is 0 Å². The number of nitrogens with two attached hydrogens (primary N) is 1. The standard InChI is InChI=1S/C6H9N3S/c7-2-1-5-10-6-8-3-4-9-6/h1-4H,5,7H2,(H,8,9). The van der Waals surface area contributed by atoms with E-state index < -0.39 is 0 Å². The molecule has 0 radical (unpaired) electrons. The van der Waals surface area contributed by atoms with E-state index in [1.807, 2.05) is 6.08 Å². The highest BCUT2D eigenvalue weighted by Crippen LogP contribution is 2.10. The number of aromatic amines is 1. The molecule has 10 heavy (non-hydrogen) atoms. The molecule has 0 amide bonds. The molecule has 0 aliphatic carbocycles. The van der Waals surface area contributed by atoms with E-state index in [0.29, 0.717) is 0 Å². The molecule has 0 atom stereocenters. The highest BCUT2D eigenvalue weighted by atomic mass is 32.2. The quantitative estimate of drug-likeness (QED) is 0.639. The van der Waals surface area contributed by atoms with Crippen molar-refractivity contribution >= 4 is 11.8 Å². The average molecular weight is 155 g/mol. The van der Waals surface area contributed by atoms with Gasteiger partial charge < -0.3 is 10.7 Å². The minimum absolute atomic E-state index is 0.865. The minimum Gasteiger partial charge on any atom is -0.405 e. The third-order valence-electron chi connectivity index (χ3n) is 0.925. The first-order valence-corrected chi connectivity index (χ1v) is 3.91. The summed E-state index contributed by atoms with van der Waals surface area (Å²) in [6, 6.07) is 0. The lowest BCUT2D eigenvalue weighted by atomic mass is 10.7. The molecule has 3 nitrogen and oxygen atoms in total. The molecule has 54 valence electrons. The molecule has 3 N–H and O–H groups in total. The van der Waals surface area contributed by atoms with Crippen LogP contribution in [0.4, 0.5) is 0 Å². The van der Waals surface area contributed by atoms with E-state index in [2.05, 4.69) is 9.97 Å². The SMILES string of the molecule is NC=CCSc1ncc[nH]1. The Balaban J connectivity index is 2.28. The van der Waals surface area contributed by atoms with Gasteiger partial charge >= 0.3 is 0 Å². The topological polar surface area (TPSA) is 54.7 Å². The van der Waals surface area contributed by atoms with Crippen LogP contribution in [0.15, 0.2) is 29.8 Å². The Bertz CT molecular complexity index is 193. The van der Waals surface area contributed by atoms with Crippen molar-refractivity contribution in [3.63, 3.8) is 0 Å². The molecule has 1 heterocycles. The Morgan fingerprint density at radius 1 is 1.80 bits per heavy atom. The molecule has 1 aromatic heterocycles. The van der Waals surface area contributed by atoms with Crippen molar-refractivity contribution in [2.24, 2.45) is 5.73 Å². The molecule has 0 bridgehead atoms. The number of nitrogens with one attached hydrogen (secondary N) is 1. The Kier molecular flexibility index (Phi) is 2.89. The zero-order valence-electron chi connectivity index (χ0n) is 5.45. The fraction of sp³-hybridized carbons (Fsp3) is 0.167. The maximum atomic E-state index is 5.14. The van der Waals surface area contributed by atoms with Crippen LogP contribution in [0.3, 0.4) is 0 Å². The Morgan fingerprint density at radius 2 is 2.70 bits per heavy atom. The number of H-pyrrole nitrogens is 1. The summed E-state index contributed by atoms with van der Waals surface area (Å²) in [5, 5.41) is 0.929. The number of thioether (sulfide) groups is 1. The minimum atomic E-state index is 0.865. The molecule has 0 aromatic carbocycles. The van der Waals surface area contributed by atoms with Crippen LogP contribution in [0.2, 0.25) is 0 Å². The highest BCUT2D eigenvalue weighted by Gasteiger charge is 1.89. The summed E-state index contributed by atoms with van der Waals surface area (Å²) >= 11 is 1.62. The first-order valence-electron chi connectivity index (χ1n) is 2.92. The summed E-state index contributed by atoms with van der Waals surface area (Å²) in [5.41, 5.74) is 5.14. The summed E-state index contributed by atoms with van der Waals surface area (Å²) < 4.78 is 0. The maximum Gasteiger partial charge on any atom is 0.165 e. The van der Waals surface area contributed by atoms with E-state index in [-0.39, 0.29) is 0 Å². The number of imidazole rings is 1. The van der Waals surface area contributed by atoms with Crippen molar-refractivity contribution in [1.82, 2.24) is 9.97 Å². The molecule has 1 rings (SSSR count). The summed E-state index contributed by atoms with van der Waals surface area (Å²) in [5.74, 6) is 0.865. The molecule has 0 aliphatic rings. The van der Waals surface area contributed by atoms with Crippen LogP contribution in [-0.2, 0) is 0 Å². The van der Waals surface area contributed by atoms with Crippen LogP contribution in [0.5, 0.6) is 0 Å². The van der Waals surface area contributed by atoms with Gasteiger partial charge in [0, 0.05) is 18.1 Å². The summed E-state index contributed by atoms with van der Waals surface area (Å²) in [6.07, 6.45) is 6.95. The summed E-state index contributed by atoms with van der Waals surface area (Å²) in [7, 11) is 0. The monoisotopic (exact) mass is 155 g/mol. The van der Waals surface area contributed by atoms with Crippen LogP contribution < -0.4 is 5.73 Å². The molecule has 0 fully saturated rings. The lowest BCUT2D eigenvalue weighted by Crippen LogP contribution is -1.79. The maximum absolute atomic E-state index is 5.14. The van der Waals surface area contributed by atoms with E-state index in [0.717, 1.165) is 10.9 Å². The van der Waals surface area contributed by atoms with Crippen molar-refractivity contribution in [1.29, 1.82) is 0 Å². The molecule has 0 unspecified atom stereocenters. The Labute approximate surface area is 63.7 Å². The molecular formula is C6H9N3S. The van der Waals surface area contributed by atoms with Crippen LogP contribution in [0.25, 0.3) is 0 Å². The van der Waals surface area contributed by atoms with Crippen LogP contribution in [0, 0.1) is 0 Å². The fourth-order valence-electron chi connectivity index (χ4n) is 0.512. The molecule has 4 heteroatoms. The van der Waals surface area contributed by atoms with Gasteiger partial charge in [0.05, 0.1) is 0 Å². The van der Waals surface area contributed by atoms with E-state index in [1.54, 1.807) is 24.2 Å². The van der Waals surface area contributed by atoms with Crippen LogP contribution in [-0.4, -0.2) is 15.7 Å². The predicted molar refractivity (Wildman–Crippen MR) is 42.6 cm³/mol. The highest BCUT2D eigenvalue weighted by molar-refractivity contribution is 7.99. The third-order valence-corrected chi connectivity index (χ3v) is 1.78. The lowest BCUT2D eigenvalue weighted by molar-refractivity contribution is 1.06. The normalized spacial score (nSPS) is 10.8. The molecule has 0 aliphatic heterocycles. The van der Waals surface area contributed by atoms with Gasteiger partial charge in [-0.25, -0.2) is 4.98 Å². The van der Waals surface area contributed by atoms with Gasteiger partial charge in [-0.05, 0) is 6.20 Å². The van der Waals surface area contributed by atoms with Crippen LogP contribution in [0.1, 0.15) is 0 Å². The van der Waals surface area contributed by atoms with Gasteiger partial charge in [-0.15, -0.1) is 0 Å². The fourth-order valence-corrected chi connectivity index (χ4v) is 1.16. The van der Waals surface area contributed by atoms with Gasteiger partial charge in [-0.3, -0.25) is 0 Å². The van der Waals surface area contributed by atoms with Gasteiger partial charge in [-0.2, -0.15) is 0 Å². The van der Waals surface area contributed by atoms with Gasteiger partial charge in [-0.1, -0.05) is 17.8 Å². The number of aromatic nitrogens is 2. The van der Waals surface area contributed by atoms with E-state index in [1.165, 1.54) is 6.20 Å². The van der Waals surface area contributed by atoms with Gasteiger partial charge in [0.15, 0.2) is 5.16 Å². The second-order valence-electron chi connectivity index (χ2n) is 1.63. The Hall–Kier alpha value is -0.900. The van der Waals surface area contributed by atoms with E-state index >= 15 is 0 Å². The largest absolute Gasteiger partial charge is 0.405 e. The number of nitrogens with zero attached hydrogens (tertiary/aromatic N) is 1. The molecule has 0 spiro atoms. The average Bonchev–Trinajstić information content (AvgIpc) is 2.41. The summed E-state index contributed by atoms with van der Waals surface area (Å²) in [6.45, 7) is 0. The number of rotatable bonds is 3. The van der Waals surface area contributed by atoms with Gasteiger partial charge in [0.25, 0.3) is 0 Å². The molecular weight excluding hydrogens is 146 g/mol. The Morgan fingerprint density at radius 3 is 3.30 bits per heavy atom. The second kappa shape index (κ2) is 4.00. The smallest absolute Gasteiger partial charge is 0.165 e. The van der Waals surface area contributed by atoms with Crippen molar-refractivity contribution in [2.45, 2.75) is 5.16 Å². The molecule has 1 aromatic rings. The second-order valence-corrected chi connectivity index (χ2v) is 2.64. The van der Waals surface area contributed by atoms with Crippen molar-refractivity contribution in [2.75, 3.05) is 5.75 Å². The van der Waals surface area contributed by atoms with Gasteiger partial charge in [0.2, 0.25) is 0 Å².